The monoisotopic (exact) mass is 354 g/mol. The largest absolute Gasteiger partial charge is 0.379 e. The number of hydrogen-bond acceptors (Lipinski definition) is 5. The van der Waals surface area contributed by atoms with Gasteiger partial charge in [0.2, 0.25) is 10.0 Å². The molecule has 132 valence electrons. The van der Waals surface area contributed by atoms with Crippen LogP contribution in [0.25, 0.3) is 0 Å². The molecule has 0 N–H and O–H groups in total. The first-order valence-corrected chi connectivity index (χ1v) is 9.69. The van der Waals surface area contributed by atoms with Gasteiger partial charge in [0.15, 0.2) is 0 Å². The molecule has 0 aliphatic carbocycles. The van der Waals surface area contributed by atoms with Crippen LogP contribution in [0.3, 0.4) is 0 Å². The van der Waals surface area contributed by atoms with Gasteiger partial charge >= 0.3 is 0 Å². The van der Waals surface area contributed by atoms with Crippen molar-refractivity contribution in [3.05, 3.63) is 35.9 Å². The highest BCUT2D eigenvalue weighted by Crippen LogP contribution is 2.14. The Kier molecular flexibility index (Phi) is 5.50. The van der Waals surface area contributed by atoms with Gasteiger partial charge in [0.05, 0.1) is 31.7 Å². The molecule has 1 amide bonds. The highest BCUT2D eigenvalue weighted by Gasteiger charge is 2.32. The lowest BCUT2D eigenvalue weighted by atomic mass is 10.2. The third-order valence-corrected chi connectivity index (χ3v) is 6.15. The van der Waals surface area contributed by atoms with Crippen LogP contribution >= 0.6 is 0 Å². The van der Waals surface area contributed by atoms with Crippen LogP contribution in [0.2, 0.25) is 0 Å². The number of morpholine rings is 2. The number of amides is 1. The number of nitrogens with zero attached hydrogens (tertiary/aromatic N) is 2. The fraction of sp³-hybridized carbons (Fsp3) is 0.562. The predicted octanol–water partition coefficient (Wildman–Crippen LogP) is 0.190. The summed E-state index contributed by atoms with van der Waals surface area (Å²) in [5.41, 5.74) is 0.606. The highest BCUT2D eigenvalue weighted by atomic mass is 32.2. The molecule has 1 aromatic carbocycles. The molecule has 8 heteroatoms. The number of carbonyl (C=O) groups excluding carboxylic acids is 1. The SMILES string of the molecule is O=C(c1ccccc1)N1CCO[C@H](CS(=O)(=O)N2CCOCC2)C1. The van der Waals surface area contributed by atoms with Gasteiger partial charge in [0, 0.05) is 31.7 Å². The molecule has 0 spiro atoms. The Labute approximate surface area is 142 Å². The second-order valence-electron chi connectivity index (χ2n) is 5.90. The zero-order valence-electron chi connectivity index (χ0n) is 13.5. The Balaban J connectivity index is 1.62. The molecule has 3 rings (SSSR count). The summed E-state index contributed by atoms with van der Waals surface area (Å²) in [6.45, 7) is 2.71. The summed E-state index contributed by atoms with van der Waals surface area (Å²) in [6.07, 6.45) is -0.501. The van der Waals surface area contributed by atoms with Crippen molar-refractivity contribution in [1.82, 2.24) is 9.21 Å². The molecule has 0 radical (unpaired) electrons. The topological polar surface area (TPSA) is 76.2 Å². The van der Waals surface area contributed by atoms with Crippen molar-refractivity contribution in [2.45, 2.75) is 6.10 Å². The van der Waals surface area contributed by atoms with E-state index in [0.717, 1.165) is 0 Å². The fourth-order valence-corrected chi connectivity index (χ4v) is 4.52. The molecule has 24 heavy (non-hydrogen) atoms. The van der Waals surface area contributed by atoms with Gasteiger partial charge in [0.25, 0.3) is 5.91 Å². The molecule has 1 aromatic rings. The van der Waals surface area contributed by atoms with E-state index in [0.29, 0.717) is 45.0 Å². The molecule has 2 aliphatic rings. The van der Waals surface area contributed by atoms with Crippen LogP contribution in [0.15, 0.2) is 30.3 Å². The van der Waals surface area contributed by atoms with Gasteiger partial charge in [-0.05, 0) is 12.1 Å². The Bertz CT molecular complexity index is 658. The summed E-state index contributed by atoms with van der Waals surface area (Å²) in [7, 11) is -3.41. The maximum Gasteiger partial charge on any atom is 0.254 e. The van der Waals surface area contributed by atoms with Crippen molar-refractivity contribution < 1.29 is 22.7 Å². The maximum atomic E-state index is 12.5. The third kappa shape index (κ3) is 4.13. The highest BCUT2D eigenvalue weighted by molar-refractivity contribution is 7.89. The lowest BCUT2D eigenvalue weighted by Gasteiger charge is -2.34. The van der Waals surface area contributed by atoms with Crippen LogP contribution in [0.1, 0.15) is 10.4 Å². The van der Waals surface area contributed by atoms with Gasteiger partial charge in [0.1, 0.15) is 0 Å². The molecule has 1 atom stereocenters. The predicted molar refractivity (Wildman–Crippen MR) is 88.3 cm³/mol. The second kappa shape index (κ2) is 7.60. The smallest absolute Gasteiger partial charge is 0.254 e. The Morgan fingerprint density at radius 3 is 2.50 bits per heavy atom. The van der Waals surface area contributed by atoms with E-state index < -0.39 is 16.1 Å². The van der Waals surface area contributed by atoms with E-state index in [4.69, 9.17) is 9.47 Å². The van der Waals surface area contributed by atoms with E-state index in [1.54, 1.807) is 17.0 Å². The van der Waals surface area contributed by atoms with E-state index in [1.165, 1.54) is 4.31 Å². The first kappa shape index (κ1) is 17.3. The Hall–Kier alpha value is -1.48. The van der Waals surface area contributed by atoms with Gasteiger partial charge in [-0.3, -0.25) is 4.79 Å². The lowest BCUT2D eigenvalue weighted by molar-refractivity contribution is -0.0117. The first-order valence-electron chi connectivity index (χ1n) is 8.08. The van der Waals surface area contributed by atoms with Crippen molar-refractivity contribution in [3.63, 3.8) is 0 Å². The molecule has 0 aromatic heterocycles. The number of carbonyl (C=O) groups is 1. The summed E-state index contributed by atoms with van der Waals surface area (Å²) in [5.74, 6) is -0.196. The van der Waals surface area contributed by atoms with Crippen LogP contribution < -0.4 is 0 Å². The molecule has 0 bridgehead atoms. The van der Waals surface area contributed by atoms with Gasteiger partial charge in [-0.2, -0.15) is 4.31 Å². The summed E-state index contributed by atoms with van der Waals surface area (Å²) >= 11 is 0. The van der Waals surface area contributed by atoms with Crippen LogP contribution in [0.5, 0.6) is 0 Å². The molecule has 7 nitrogen and oxygen atoms in total. The number of hydrogen-bond donors (Lipinski definition) is 0. The summed E-state index contributed by atoms with van der Waals surface area (Å²) in [5, 5.41) is 0. The molecule has 0 unspecified atom stereocenters. The molecule has 2 fully saturated rings. The molecule has 2 heterocycles. The average Bonchev–Trinajstić information content (AvgIpc) is 2.62. The van der Waals surface area contributed by atoms with Crippen LogP contribution in [0, 0.1) is 0 Å². The van der Waals surface area contributed by atoms with Crippen molar-refractivity contribution in [2.24, 2.45) is 0 Å². The Morgan fingerprint density at radius 2 is 1.79 bits per heavy atom. The summed E-state index contributed by atoms with van der Waals surface area (Å²) in [6, 6.07) is 9.00. The molecule has 0 saturated carbocycles. The van der Waals surface area contributed by atoms with Crippen molar-refractivity contribution in [3.8, 4) is 0 Å². The minimum absolute atomic E-state index is 0.0901. The zero-order chi connectivity index (χ0) is 17.0. The Morgan fingerprint density at radius 1 is 1.08 bits per heavy atom. The van der Waals surface area contributed by atoms with Gasteiger partial charge < -0.3 is 14.4 Å². The minimum Gasteiger partial charge on any atom is -0.379 e. The number of sulfonamides is 1. The number of ether oxygens (including phenoxy) is 2. The van der Waals surface area contributed by atoms with Gasteiger partial charge in [-0.15, -0.1) is 0 Å². The quantitative estimate of drug-likeness (QED) is 0.772. The van der Waals surface area contributed by atoms with Crippen molar-refractivity contribution >= 4 is 15.9 Å². The summed E-state index contributed by atoms with van der Waals surface area (Å²) < 4.78 is 37.2. The molecule has 2 aliphatic heterocycles. The van der Waals surface area contributed by atoms with Crippen LogP contribution in [-0.2, 0) is 19.5 Å². The first-order chi connectivity index (χ1) is 11.6. The lowest BCUT2D eigenvalue weighted by Crippen LogP contribution is -2.50. The third-order valence-electron chi connectivity index (χ3n) is 4.21. The average molecular weight is 354 g/mol. The number of rotatable bonds is 4. The van der Waals surface area contributed by atoms with Crippen molar-refractivity contribution in [1.29, 1.82) is 0 Å². The molecular formula is C16H22N2O5S. The normalized spacial score (nSPS) is 23.2. The zero-order valence-corrected chi connectivity index (χ0v) is 14.3. The van der Waals surface area contributed by atoms with Gasteiger partial charge in [-0.1, -0.05) is 18.2 Å². The van der Waals surface area contributed by atoms with E-state index in [9.17, 15) is 13.2 Å². The van der Waals surface area contributed by atoms with E-state index in [-0.39, 0.29) is 18.2 Å². The van der Waals surface area contributed by atoms with E-state index >= 15 is 0 Å². The van der Waals surface area contributed by atoms with Gasteiger partial charge in [-0.25, -0.2) is 8.42 Å². The van der Waals surface area contributed by atoms with E-state index in [1.807, 2.05) is 18.2 Å². The molecule has 2 saturated heterocycles. The van der Waals surface area contributed by atoms with Crippen LogP contribution in [-0.4, -0.2) is 81.4 Å². The van der Waals surface area contributed by atoms with E-state index in [2.05, 4.69) is 0 Å². The second-order valence-corrected chi connectivity index (χ2v) is 7.91. The minimum atomic E-state index is -3.41. The van der Waals surface area contributed by atoms with Crippen LogP contribution in [0.4, 0.5) is 0 Å². The standard InChI is InChI=1S/C16H22N2O5S/c19-16(14-4-2-1-3-5-14)17-6-11-23-15(12-17)13-24(20,21)18-7-9-22-10-8-18/h1-5,15H,6-13H2/t15-/m0/s1. The maximum absolute atomic E-state index is 12.5. The molecular weight excluding hydrogens is 332 g/mol. The van der Waals surface area contributed by atoms with Crippen molar-refractivity contribution in [2.75, 3.05) is 51.8 Å². The fourth-order valence-electron chi connectivity index (χ4n) is 2.93. The number of benzene rings is 1. The summed E-state index contributed by atoms with van der Waals surface area (Å²) in [4.78, 5) is 14.2.